The first kappa shape index (κ1) is 9.32. The summed E-state index contributed by atoms with van der Waals surface area (Å²) in [6.45, 7) is 4.13. The number of hydrogen-bond donors (Lipinski definition) is 1. The fourth-order valence-electron chi connectivity index (χ4n) is 2.19. The van der Waals surface area contributed by atoms with Gasteiger partial charge in [-0.25, -0.2) is 0 Å². The van der Waals surface area contributed by atoms with Crippen molar-refractivity contribution in [1.82, 2.24) is 0 Å². The van der Waals surface area contributed by atoms with Crippen LogP contribution in [0.15, 0.2) is 36.4 Å². The number of rotatable bonds is 1. The second kappa shape index (κ2) is 3.87. The average Bonchev–Trinajstić information content (AvgIpc) is 2.20. The summed E-state index contributed by atoms with van der Waals surface area (Å²) in [7, 11) is 0. The third-order valence-corrected chi connectivity index (χ3v) is 3.03. The van der Waals surface area contributed by atoms with E-state index in [-0.39, 0.29) is 0 Å². The SMILES string of the molecule is C=C1CCCCC1c1ccc(O)cc1. The Morgan fingerprint density at radius 2 is 1.86 bits per heavy atom. The van der Waals surface area contributed by atoms with Crippen molar-refractivity contribution in [2.24, 2.45) is 0 Å². The third kappa shape index (κ3) is 1.82. The minimum atomic E-state index is 0.343. The molecule has 1 nitrogen and oxygen atoms in total. The molecule has 1 fully saturated rings. The summed E-state index contributed by atoms with van der Waals surface area (Å²) < 4.78 is 0. The van der Waals surface area contributed by atoms with Crippen LogP contribution in [0, 0.1) is 0 Å². The molecule has 0 aliphatic heterocycles. The number of hydrogen-bond acceptors (Lipinski definition) is 1. The Kier molecular flexibility index (Phi) is 2.58. The smallest absolute Gasteiger partial charge is 0.115 e. The van der Waals surface area contributed by atoms with Crippen molar-refractivity contribution in [3.05, 3.63) is 42.0 Å². The second-order valence-electron chi connectivity index (χ2n) is 4.05. The van der Waals surface area contributed by atoms with E-state index < -0.39 is 0 Å². The predicted octanol–water partition coefficient (Wildman–Crippen LogP) is 3.61. The van der Waals surface area contributed by atoms with Crippen LogP contribution in [0.2, 0.25) is 0 Å². The Morgan fingerprint density at radius 1 is 1.14 bits per heavy atom. The van der Waals surface area contributed by atoms with Crippen LogP contribution in [-0.2, 0) is 0 Å². The molecule has 0 radical (unpaired) electrons. The maximum atomic E-state index is 9.20. The molecule has 0 saturated heterocycles. The van der Waals surface area contributed by atoms with Crippen molar-refractivity contribution in [2.75, 3.05) is 0 Å². The molecule has 0 bridgehead atoms. The second-order valence-corrected chi connectivity index (χ2v) is 4.05. The van der Waals surface area contributed by atoms with Crippen LogP contribution in [0.25, 0.3) is 0 Å². The summed E-state index contributed by atoms with van der Waals surface area (Å²) in [6.07, 6.45) is 4.95. The van der Waals surface area contributed by atoms with Crippen molar-refractivity contribution >= 4 is 0 Å². The number of phenols is 1. The Balaban J connectivity index is 2.20. The summed E-state index contributed by atoms with van der Waals surface area (Å²) >= 11 is 0. The van der Waals surface area contributed by atoms with E-state index in [1.54, 1.807) is 12.1 Å². The highest BCUT2D eigenvalue weighted by molar-refractivity contribution is 5.33. The zero-order chi connectivity index (χ0) is 9.97. The zero-order valence-electron chi connectivity index (χ0n) is 8.37. The number of phenolic OH excluding ortho intramolecular Hbond substituents is 1. The largest absolute Gasteiger partial charge is 0.508 e. The van der Waals surface area contributed by atoms with E-state index in [9.17, 15) is 5.11 Å². The highest BCUT2D eigenvalue weighted by Crippen LogP contribution is 2.36. The monoisotopic (exact) mass is 188 g/mol. The van der Waals surface area contributed by atoms with Gasteiger partial charge in [0.2, 0.25) is 0 Å². The van der Waals surface area contributed by atoms with Crippen LogP contribution in [0.4, 0.5) is 0 Å². The minimum absolute atomic E-state index is 0.343. The van der Waals surface area contributed by atoms with E-state index in [0.29, 0.717) is 11.7 Å². The quantitative estimate of drug-likeness (QED) is 0.667. The van der Waals surface area contributed by atoms with Gasteiger partial charge in [0, 0.05) is 5.92 Å². The van der Waals surface area contributed by atoms with Gasteiger partial charge in [-0.3, -0.25) is 0 Å². The molecule has 1 aliphatic carbocycles. The molecule has 0 spiro atoms. The molecular formula is C13H16O. The molecule has 1 atom stereocenters. The molecule has 1 N–H and O–H groups in total. The topological polar surface area (TPSA) is 20.2 Å². The van der Waals surface area contributed by atoms with Crippen molar-refractivity contribution < 1.29 is 5.11 Å². The molecule has 0 heterocycles. The van der Waals surface area contributed by atoms with Crippen molar-refractivity contribution in [2.45, 2.75) is 31.6 Å². The molecule has 14 heavy (non-hydrogen) atoms. The Morgan fingerprint density at radius 3 is 2.50 bits per heavy atom. The number of aromatic hydroxyl groups is 1. The molecule has 1 saturated carbocycles. The average molecular weight is 188 g/mol. The van der Waals surface area contributed by atoms with Crippen LogP contribution in [0.1, 0.15) is 37.2 Å². The molecule has 1 unspecified atom stereocenters. The summed E-state index contributed by atoms with van der Waals surface area (Å²) in [6, 6.07) is 7.54. The molecular weight excluding hydrogens is 172 g/mol. The molecule has 74 valence electrons. The molecule has 1 aromatic carbocycles. The minimum Gasteiger partial charge on any atom is -0.508 e. The van der Waals surface area contributed by atoms with Gasteiger partial charge in [0.25, 0.3) is 0 Å². The third-order valence-electron chi connectivity index (χ3n) is 3.03. The fraction of sp³-hybridized carbons (Fsp3) is 0.385. The van der Waals surface area contributed by atoms with Gasteiger partial charge in [-0.2, -0.15) is 0 Å². The normalized spacial score (nSPS) is 22.3. The lowest BCUT2D eigenvalue weighted by atomic mass is 9.81. The Bertz CT molecular complexity index is 324. The van der Waals surface area contributed by atoms with Crippen molar-refractivity contribution in [3.8, 4) is 5.75 Å². The maximum Gasteiger partial charge on any atom is 0.115 e. The summed E-state index contributed by atoms with van der Waals surface area (Å²) in [4.78, 5) is 0. The lowest BCUT2D eigenvalue weighted by molar-refractivity contribution is 0.474. The van der Waals surface area contributed by atoms with Crippen molar-refractivity contribution in [3.63, 3.8) is 0 Å². The van der Waals surface area contributed by atoms with Crippen LogP contribution < -0.4 is 0 Å². The van der Waals surface area contributed by atoms with E-state index in [0.717, 1.165) is 6.42 Å². The Labute approximate surface area is 85.1 Å². The van der Waals surface area contributed by atoms with Gasteiger partial charge in [-0.1, -0.05) is 30.7 Å². The Hall–Kier alpha value is -1.24. The maximum absolute atomic E-state index is 9.20. The van der Waals surface area contributed by atoms with Crippen molar-refractivity contribution in [1.29, 1.82) is 0 Å². The summed E-state index contributed by atoms with van der Waals surface area (Å²) in [5.74, 6) is 0.861. The van der Waals surface area contributed by atoms with E-state index in [1.807, 2.05) is 12.1 Å². The fourth-order valence-corrected chi connectivity index (χ4v) is 2.19. The molecule has 0 aromatic heterocycles. The van der Waals surface area contributed by atoms with Gasteiger partial charge in [-0.05, 0) is 37.0 Å². The zero-order valence-corrected chi connectivity index (χ0v) is 8.37. The van der Waals surface area contributed by atoms with E-state index in [1.165, 1.54) is 30.4 Å². The first-order chi connectivity index (χ1) is 6.77. The first-order valence-corrected chi connectivity index (χ1v) is 5.24. The number of benzene rings is 1. The summed E-state index contributed by atoms with van der Waals surface area (Å²) in [5, 5.41) is 9.20. The van der Waals surface area contributed by atoms with Gasteiger partial charge in [0.15, 0.2) is 0 Å². The molecule has 2 rings (SSSR count). The van der Waals surface area contributed by atoms with Gasteiger partial charge in [0.1, 0.15) is 5.75 Å². The van der Waals surface area contributed by atoms with E-state index in [2.05, 4.69) is 6.58 Å². The molecule has 0 amide bonds. The molecule has 1 aliphatic rings. The first-order valence-electron chi connectivity index (χ1n) is 5.24. The molecule has 1 aromatic rings. The van der Waals surface area contributed by atoms with Gasteiger partial charge < -0.3 is 5.11 Å². The standard InChI is InChI=1S/C13H16O/c1-10-4-2-3-5-13(10)11-6-8-12(14)9-7-11/h6-9,13-14H,1-5H2. The predicted molar refractivity (Wildman–Crippen MR) is 58.5 cm³/mol. The van der Waals surface area contributed by atoms with E-state index in [4.69, 9.17) is 0 Å². The van der Waals surface area contributed by atoms with Crippen LogP contribution >= 0.6 is 0 Å². The lowest BCUT2D eigenvalue weighted by Gasteiger charge is -2.24. The van der Waals surface area contributed by atoms with Crippen LogP contribution in [0.5, 0.6) is 5.75 Å². The molecule has 1 heteroatoms. The lowest BCUT2D eigenvalue weighted by Crippen LogP contribution is -2.07. The number of allylic oxidation sites excluding steroid dienone is 1. The highest BCUT2D eigenvalue weighted by Gasteiger charge is 2.18. The van der Waals surface area contributed by atoms with Gasteiger partial charge in [0.05, 0.1) is 0 Å². The van der Waals surface area contributed by atoms with E-state index >= 15 is 0 Å². The van der Waals surface area contributed by atoms with Crippen LogP contribution in [0.3, 0.4) is 0 Å². The van der Waals surface area contributed by atoms with Gasteiger partial charge >= 0.3 is 0 Å². The highest BCUT2D eigenvalue weighted by atomic mass is 16.3. The van der Waals surface area contributed by atoms with Crippen LogP contribution in [-0.4, -0.2) is 5.11 Å². The van der Waals surface area contributed by atoms with Gasteiger partial charge in [-0.15, -0.1) is 0 Å². The summed E-state index contributed by atoms with van der Waals surface area (Å²) in [5.41, 5.74) is 2.65.